The summed E-state index contributed by atoms with van der Waals surface area (Å²) in [6, 6.07) is 4.08. The van der Waals surface area contributed by atoms with Crippen LogP contribution in [0.2, 0.25) is 5.02 Å². The summed E-state index contributed by atoms with van der Waals surface area (Å²) in [6.07, 6.45) is -3.88. The van der Waals surface area contributed by atoms with E-state index in [1.807, 2.05) is 0 Å². The van der Waals surface area contributed by atoms with Gasteiger partial charge in [0.15, 0.2) is 0 Å². The first-order chi connectivity index (χ1) is 10.3. The van der Waals surface area contributed by atoms with Gasteiger partial charge in [0.05, 0.1) is 18.1 Å². The molecule has 2 rings (SSSR count). The Kier molecular flexibility index (Phi) is 5.05. The van der Waals surface area contributed by atoms with Gasteiger partial charge >= 0.3 is 12.2 Å². The van der Waals surface area contributed by atoms with Crippen LogP contribution in [0.3, 0.4) is 0 Å². The molecule has 1 aliphatic heterocycles. The number of hydrogen-bond acceptors (Lipinski definition) is 2. The van der Waals surface area contributed by atoms with Crippen molar-refractivity contribution in [2.45, 2.75) is 19.0 Å². The summed E-state index contributed by atoms with van der Waals surface area (Å²) >= 11 is 5.94. The Balaban J connectivity index is 2.01. The molecule has 1 aliphatic rings. The number of nitrogens with one attached hydrogen (secondary N) is 1. The first-order valence-corrected chi connectivity index (χ1v) is 7.15. The van der Waals surface area contributed by atoms with Gasteiger partial charge in [0.2, 0.25) is 0 Å². The average molecular weight is 337 g/mol. The lowest BCUT2D eigenvalue weighted by molar-refractivity contribution is -0.183. The zero-order chi connectivity index (χ0) is 16.3. The molecule has 0 radical (unpaired) electrons. The van der Waals surface area contributed by atoms with Gasteiger partial charge in [-0.2, -0.15) is 13.2 Å². The van der Waals surface area contributed by atoms with Gasteiger partial charge < -0.3 is 15.0 Å². The highest BCUT2D eigenvalue weighted by Crippen LogP contribution is 2.33. The third-order valence-corrected chi connectivity index (χ3v) is 3.87. The number of urea groups is 1. The monoisotopic (exact) mass is 336 g/mol. The molecule has 8 heteroatoms. The highest BCUT2D eigenvalue weighted by atomic mass is 35.5. The van der Waals surface area contributed by atoms with Crippen LogP contribution >= 0.6 is 11.6 Å². The fourth-order valence-electron chi connectivity index (χ4n) is 2.38. The van der Waals surface area contributed by atoms with Crippen LogP contribution in [-0.4, -0.2) is 37.3 Å². The zero-order valence-electron chi connectivity index (χ0n) is 11.9. The standard InChI is InChI=1S/C14H16ClF3N2O2/c1-22-12-5-4-10(7-11(12)15)19-13(21)20-6-2-3-9(8-20)14(16,17)18/h4-5,7,9H,2-3,6,8H2,1H3,(H,19,21). The van der Waals surface area contributed by atoms with E-state index in [4.69, 9.17) is 16.3 Å². The van der Waals surface area contributed by atoms with Crippen molar-refractivity contribution in [3.63, 3.8) is 0 Å². The summed E-state index contributed by atoms with van der Waals surface area (Å²) in [5.74, 6) is -1.01. The van der Waals surface area contributed by atoms with Crippen molar-refractivity contribution in [2.75, 3.05) is 25.5 Å². The summed E-state index contributed by atoms with van der Waals surface area (Å²) in [4.78, 5) is 13.3. The molecule has 1 aromatic carbocycles. The molecule has 1 atom stereocenters. The number of alkyl halides is 3. The van der Waals surface area contributed by atoms with E-state index in [-0.39, 0.29) is 13.0 Å². The highest BCUT2D eigenvalue weighted by Gasteiger charge is 2.42. The highest BCUT2D eigenvalue weighted by molar-refractivity contribution is 6.32. The molecule has 1 N–H and O–H groups in total. The molecule has 1 unspecified atom stereocenters. The third-order valence-electron chi connectivity index (χ3n) is 3.57. The number of carbonyl (C=O) groups is 1. The lowest BCUT2D eigenvalue weighted by Gasteiger charge is -2.33. The van der Waals surface area contributed by atoms with Crippen LogP contribution in [0.4, 0.5) is 23.7 Å². The van der Waals surface area contributed by atoms with Crippen molar-refractivity contribution in [1.82, 2.24) is 4.90 Å². The van der Waals surface area contributed by atoms with Crippen LogP contribution in [0.25, 0.3) is 0 Å². The van der Waals surface area contributed by atoms with Crippen LogP contribution < -0.4 is 10.1 Å². The lowest BCUT2D eigenvalue weighted by atomic mass is 9.98. The number of nitrogens with zero attached hydrogens (tertiary/aromatic N) is 1. The smallest absolute Gasteiger partial charge is 0.393 e. The van der Waals surface area contributed by atoms with Gasteiger partial charge in [-0.25, -0.2) is 4.79 Å². The second-order valence-corrected chi connectivity index (χ2v) is 5.51. The molecule has 22 heavy (non-hydrogen) atoms. The largest absolute Gasteiger partial charge is 0.495 e. The number of rotatable bonds is 2. The van der Waals surface area contributed by atoms with Crippen LogP contribution in [0.15, 0.2) is 18.2 Å². The van der Waals surface area contributed by atoms with Crippen molar-refractivity contribution in [3.8, 4) is 5.75 Å². The van der Waals surface area contributed by atoms with Gasteiger partial charge in [0, 0.05) is 18.8 Å². The van der Waals surface area contributed by atoms with Gasteiger partial charge in [-0.05, 0) is 31.0 Å². The summed E-state index contributed by atoms with van der Waals surface area (Å²) in [5, 5.41) is 2.87. The van der Waals surface area contributed by atoms with E-state index in [2.05, 4.69) is 5.32 Å². The number of ether oxygens (including phenoxy) is 1. The fraction of sp³-hybridized carbons (Fsp3) is 0.500. The normalized spacial score (nSPS) is 19.0. The van der Waals surface area contributed by atoms with Crippen LogP contribution in [0, 0.1) is 5.92 Å². The number of halogens is 4. The minimum absolute atomic E-state index is 0.0572. The number of piperidine rings is 1. The Hall–Kier alpha value is -1.63. The van der Waals surface area contributed by atoms with Crippen LogP contribution in [-0.2, 0) is 0 Å². The number of carbonyl (C=O) groups excluding carboxylic acids is 1. The quantitative estimate of drug-likeness (QED) is 0.881. The maximum atomic E-state index is 12.8. The van der Waals surface area contributed by atoms with E-state index in [1.165, 1.54) is 18.1 Å². The first-order valence-electron chi connectivity index (χ1n) is 6.77. The summed E-state index contributed by atoms with van der Waals surface area (Å²) < 4.78 is 43.2. The van der Waals surface area contributed by atoms with Crippen molar-refractivity contribution in [1.29, 1.82) is 0 Å². The fourth-order valence-corrected chi connectivity index (χ4v) is 2.63. The van der Waals surface area contributed by atoms with Crippen LogP contribution in [0.5, 0.6) is 5.75 Å². The Bertz CT molecular complexity index is 551. The van der Waals surface area contributed by atoms with E-state index in [1.54, 1.807) is 12.1 Å². The van der Waals surface area contributed by atoms with Gasteiger partial charge in [0.25, 0.3) is 0 Å². The molecule has 0 bridgehead atoms. The van der Waals surface area contributed by atoms with E-state index >= 15 is 0 Å². The molecule has 1 heterocycles. The molecule has 0 spiro atoms. The second-order valence-electron chi connectivity index (χ2n) is 5.11. The topological polar surface area (TPSA) is 41.6 Å². The SMILES string of the molecule is COc1ccc(NC(=O)N2CCCC(C(F)(F)F)C2)cc1Cl. The number of anilines is 1. The molecule has 1 saturated heterocycles. The molecule has 0 saturated carbocycles. The zero-order valence-corrected chi connectivity index (χ0v) is 12.7. The molecule has 0 aliphatic carbocycles. The minimum atomic E-state index is -4.28. The summed E-state index contributed by atoms with van der Waals surface area (Å²) in [5.41, 5.74) is 0.407. The lowest BCUT2D eigenvalue weighted by Crippen LogP contribution is -2.46. The number of likely N-dealkylation sites (tertiary alicyclic amines) is 1. The molecule has 0 aromatic heterocycles. The molecule has 1 aromatic rings. The van der Waals surface area contributed by atoms with E-state index in [0.717, 1.165) is 0 Å². The van der Waals surface area contributed by atoms with Crippen molar-refractivity contribution >= 4 is 23.3 Å². The molecule has 4 nitrogen and oxygen atoms in total. The van der Waals surface area contributed by atoms with E-state index in [0.29, 0.717) is 29.4 Å². The number of methoxy groups -OCH3 is 1. The van der Waals surface area contributed by atoms with E-state index < -0.39 is 18.1 Å². The number of benzene rings is 1. The number of hydrogen-bond donors (Lipinski definition) is 1. The van der Waals surface area contributed by atoms with Crippen molar-refractivity contribution in [3.05, 3.63) is 23.2 Å². The van der Waals surface area contributed by atoms with Crippen LogP contribution in [0.1, 0.15) is 12.8 Å². The van der Waals surface area contributed by atoms with Crippen molar-refractivity contribution < 1.29 is 22.7 Å². The maximum Gasteiger partial charge on any atom is 0.393 e. The minimum Gasteiger partial charge on any atom is -0.495 e. The Morgan fingerprint density at radius 3 is 2.77 bits per heavy atom. The Morgan fingerprint density at radius 1 is 1.45 bits per heavy atom. The van der Waals surface area contributed by atoms with Gasteiger partial charge in [-0.3, -0.25) is 0 Å². The van der Waals surface area contributed by atoms with Gasteiger partial charge in [-0.15, -0.1) is 0 Å². The summed E-state index contributed by atoms with van der Waals surface area (Å²) in [7, 11) is 1.46. The predicted molar refractivity (Wildman–Crippen MR) is 77.4 cm³/mol. The van der Waals surface area contributed by atoms with Crippen molar-refractivity contribution in [2.24, 2.45) is 5.92 Å². The molecule has 1 fully saturated rings. The third kappa shape index (κ3) is 3.97. The molecule has 122 valence electrons. The average Bonchev–Trinajstić information content (AvgIpc) is 2.46. The molecule has 2 amide bonds. The molecular formula is C14H16ClF3N2O2. The maximum absolute atomic E-state index is 12.8. The van der Waals surface area contributed by atoms with E-state index in [9.17, 15) is 18.0 Å². The van der Waals surface area contributed by atoms with Gasteiger partial charge in [-0.1, -0.05) is 11.6 Å². The number of amides is 2. The molecular weight excluding hydrogens is 321 g/mol. The Morgan fingerprint density at radius 2 is 2.18 bits per heavy atom. The Labute approximate surface area is 131 Å². The predicted octanol–water partition coefficient (Wildman–Crippen LogP) is 4.15. The second kappa shape index (κ2) is 6.64. The summed E-state index contributed by atoms with van der Waals surface area (Å²) in [6.45, 7) is -0.0124. The van der Waals surface area contributed by atoms with Gasteiger partial charge in [0.1, 0.15) is 5.75 Å². The first kappa shape index (κ1) is 16.7.